The lowest BCUT2D eigenvalue weighted by Gasteiger charge is -2.15. The smallest absolute Gasteiger partial charge is 0.302 e. The molecule has 66 valence electrons. The highest BCUT2D eigenvalue weighted by Crippen LogP contribution is 1.97. The second kappa shape index (κ2) is 5.13. The molecule has 0 heterocycles. The molecule has 0 spiro atoms. The molecular weight excluding hydrogens is 144 g/mol. The van der Waals surface area contributed by atoms with Gasteiger partial charge in [0.1, 0.15) is 6.61 Å². The fourth-order valence-corrected chi connectivity index (χ4v) is 0.739. The average Bonchev–Trinajstić information content (AvgIpc) is 1.82. The van der Waals surface area contributed by atoms with E-state index in [1.54, 1.807) is 0 Å². The maximum Gasteiger partial charge on any atom is 0.302 e. The van der Waals surface area contributed by atoms with E-state index < -0.39 is 0 Å². The third kappa shape index (κ3) is 7.33. The molecule has 0 bridgehead atoms. The molecule has 1 atom stereocenters. The molecule has 0 aromatic rings. The van der Waals surface area contributed by atoms with Crippen molar-refractivity contribution in [3.8, 4) is 0 Å². The van der Waals surface area contributed by atoms with Gasteiger partial charge >= 0.3 is 5.97 Å². The highest BCUT2D eigenvalue weighted by atomic mass is 16.6. The van der Waals surface area contributed by atoms with Gasteiger partial charge < -0.3 is 9.47 Å². The summed E-state index contributed by atoms with van der Waals surface area (Å²) < 4.78 is 10.1. The Hall–Kier alpha value is -0.570. The van der Waals surface area contributed by atoms with Crippen LogP contribution in [0, 0.1) is 0 Å². The molecule has 0 aliphatic rings. The minimum Gasteiger partial charge on any atom is -0.463 e. The van der Waals surface area contributed by atoms with Crippen LogP contribution < -0.4 is 0 Å². The Morgan fingerprint density at radius 3 is 2.27 bits per heavy atom. The van der Waals surface area contributed by atoms with Gasteiger partial charge in [-0.3, -0.25) is 4.79 Å². The Morgan fingerprint density at radius 2 is 1.91 bits per heavy atom. The Balaban J connectivity index is 3.37. The molecule has 0 aliphatic heterocycles. The third-order valence-corrected chi connectivity index (χ3v) is 1.03. The summed E-state index contributed by atoms with van der Waals surface area (Å²) in [6, 6.07) is 0. The molecule has 0 rings (SSSR count). The summed E-state index contributed by atoms with van der Waals surface area (Å²) in [4.78, 5) is 10.4. The van der Waals surface area contributed by atoms with E-state index in [0.717, 1.165) is 0 Å². The summed E-state index contributed by atoms with van der Waals surface area (Å²) in [6.07, 6.45) is 0.166. The van der Waals surface area contributed by atoms with Crippen LogP contribution in [0.3, 0.4) is 0 Å². The molecule has 0 saturated carbocycles. The van der Waals surface area contributed by atoms with Crippen molar-refractivity contribution < 1.29 is 14.3 Å². The number of hydrogen-bond donors (Lipinski definition) is 0. The normalized spacial score (nSPS) is 13.2. The van der Waals surface area contributed by atoms with Crippen molar-refractivity contribution in [2.45, 2.75) is 39.9 Å². The molecule has 11 heavy (non-hydrogen) atoms. The van der Waals surface area contributed by atoms with Crippen molar-refractivity contribution in [3.05, 3.63) is 0 Å². The zero-order valence-corrected chi connectivity index (χ0v) is 7.59. The zero-order chi connectivity index (χ0) is 8.85. The first-order valence-electron chi connectivity index (χ1n) is 3.81. The molecule has 0 aromatic carbocycles. The molecule has 0 aromatic heterocycles. The van der Waals surface area contributed by atoms with Crippen LogP contribution in [0.25, 0.3) is 0 Å². The number of carbonyl (C=O) groups is 1. The van der Waals surface area contributed by atoms with Gasteiger partial charge in [0.25, 0.3) is 0 Å². The van der Waals surface area contributed by atoms with Gasteiger partial charge in [0.2, 0.25) is 0 Å². The van der Waals surface area contributed by atoms with Gasteiger partial charge in [-0.05, 0) is 20.8 Å². The third-order valence-electron chi connectivity index (χ3n) is 1.03. The fourth-order valence-electron chi connectivity index (χ4n) is 0.739. The van der Waals surface area contributed by atoms with Crippen molar-refractivity contribution in [2.24, 2.45) is 0 Å². The van der Waals surface area contributed by atoms with Crippen LogP contribution >= 0.6 is 0 Å². The molecule has 1 unspecified atom stereocenters. The first-order valence-corrected chi connectivity index (χ1v) is 3.81. The van der Waals surface area contributed by atoms with Gasteiger partial charge in [0.05, 0.1) is 12.2 Å². The maximum absolute atomic E-state index is 10.4. The van der Waals surface area contributed by atoms with Crippen LogP contribution in [0.15, 0.2) is 0 Å². The van der Waals surface area contributed by atoms with E-state index in [4.69, 9.17) is 9.47 Å². The van der Waals surface area contributed by atoms with Gasteiger partial charge in [-0.25, -0.2) is 0 Å². The SMILES string of the molecule is CC(=O)OCC(C)OC(C)C. The Morgan fingerprint density at radius 1 is 1.36 bits per heavy atom. The van der Waals surface area contributed by atoms with E-state index in [1.807, 2.05) is 20.8 Å². The molecule has 0 radical (unpaired) electrons. The highest BCUT2D eigenvalue weighted by Gasteiger charge is 2.05. The summed E-state index contributed by atoms with van der Waals surface area (Å²) in [5, 5.41) is 0. The predicted octanol–water partition coefficient (Wildman–Crippen LogP) is 1.36. The molecule has 3 heteroatoms. The first-order chi connectivity index (χ1) is 5.02. The Labute approximate surface area is 67.7 Å². The number of ether oxygens (including phenoxy) is 2. The molecule has 0 amide bonds. The topological polar surface area (TPSA) is 35.5 Å². The van der Waals surface area contributed by atoms with E-state index in [-0.39, 0.29) is 18.2 Å². The first kappa shape index (κ1) is 10.4. The average molecular weight is 160 g/mol. The predicted molar refractivity (Wildman–Crippen MR) is 42.3 cm³/mol. The summed E-state index contributed by atoms with van der Waals surface area (Å²) in [5.41, 5.74) is 0. The summed E-state index contributed by atoms with van der Waals surface area (Å²) in [7, 11) is 0. The second-order valence-electron chi connectivity index (χ2n) is 2.80. The van der Waals surface area contributed by atoms with E-state index in [9.17, 15) is 4.79 Å². The van der Waals surface area contributed by atoms with Crippen LogP contribution in [0.4, 0.5) is 0 Å². The second-order valence-corrected chi connectivity index (χ2v) is 2.80. The summed E-state index contributed by atoms with van der Waals surface area (Å²) >= 11 is 0. The Kier molecular flexibility index (Phi) is 4.86. The number of carbonyl (C=O) groups excluding carboxylic acids is 1. The van der Waals surface area contributed by atoms with Gasteiger partial charge in [0, 0.05) is 6.92 Å². The number of esters is 1. The lowest BCUT2D eigenvalue weighted by Crippen LogP contribution is -2.21. The van der Waals surface area contributed by atoms with Crippen molar-refractivity contribution in [1.29, 1.82) is 0 Å². The maximum atomic E-state index is 10.4. The largest absolute Gasteiger partial charge is 0.463 e. The highest BCUT2D eigenvalue weighted by molar-refractivity contribution is 5.65. The lowest BCUT2D eigenvalue weighted by molar-refractivity contribution is -0.145. The lowest BCUT2D eigenvalue weighted by atomic mass is 10.4. The minimum atomic E-state index is -0.260. The van der Waals surface area contributed by atoms with Gasteiger partial charge in [0.15, 0.2) is 0 Å². The van der Waals surface area contributed by atoms with Crippen LogP contribution in [-0.4, -0.2) is 24.8 Å². The zero-order valence-electron chi connectivity index (χ0n) is 7.59. The van der Waals surface area contributed by atoms with Crippen molar-refractivity contribution in [2.75, 3.05) is 6.61 Å². The van der Waals surface area contributed by atoms with Crippen molar-refractivity contribution in [1.82, 2.24) is 0 Å². The molecule has 0 N–H and O–H groups in total. The van der Waals surface area contributed by atoms with E-state index >= 15 is 0 Å². The molecule has 3 nitrogen and oxygen atoms in total. The van der Waals surface area contributed by atoms with Crippen molar-refractivity contribution >= 4 is 5.97 Å². The molecular formula is C8H16O3. The van der Waals surface area contributed by atoms with Crippen LogP contribution in [0.1, 0.15) is 27.7 Å². The number of rotatable bonds is 4. The van der Waals surface area contributed by atoms with Gasteiger partial charge in [-0.2, -0.15) is 0 Å². The quantitative estimate of drug-likeness (QED) is 0.582. The van der Waals surface area contributed by atoms with Crippen molar-refractivity contribution in [3.63, 3.8) is 0 Å². The van der Waals surface area contributed by atoms with Gasteiger partial charge in [-0.1, -0.05) is 0 Å². The van der Waals surface area contributed by atoms with Crippen LogP contribution in [-0.2, 0) is 14.3 Å². The molecule has 0 fully saturated rings. The minimum absolute atomic E-state index is 0.0149. The monoisotopic (exact) mass is 160 g/mol. The number of hydrogen-bond acceptors (Lipinski definition) is 3. The van der Waals surface area contributed by atoms with Crippen LogP contribution in [0.2, 0.25) is 0 Å². The fraction of sp³-hybridized carbons (Fsp3) is 0.875. The van der Waals surface area contributed by atoms with Crippen LogP contribution in [0.5, 0.6) is 0 Å². The van der Waals surface area contributed by atoms with E-state index in [1.165, 1.54) is 6.92 Å². The standard InChI is InChI=1S/C8H16O3/c1-6(2)11-7(3)5-10-8(4)9/h6-7H,5H2,1-4H3. The molecule has 0 saturated heterocycles. The summed E-state index contributed by atoms with van der Waals surface area (Å²) in [6.45, 7) is 7.51. The van der Waals surface area contributed by atoms with E-state index in [0.29, 0.717) is 6.61 Å². The van der Waals surface area contributed by atoms with E-state index in [2.05, 4.69) is 0 Å². The Bertz CT molecular complexity index is 121. The van der Waals surface area contributed by atoms with Gasteiger partial charge in [-0.15, -0.1) is 0 Å². The summed E-state index contributed by atoms with van der Waals surface area (Å²) in [5.74, 6) is -0.260. The molecule has 0 aliphatic carbocycles.